The van der Waals surface area contributed by atoms with Gasteiger partial charge in [-0.1, -0.05) is 19.9 Å². The molecule has 1 aliphatic carbocycles. The molecule has 0 fully saturated rings. The van der Waals surface area contributed by atoms with Gasteiger partial charge in [0.15, 0.2) is 0 Å². The minimum atomic E-state index is -0.382. The average Bonchev–Trinajstić information content (AvgIpc) is 2.65. The maximum atomic E-state index is 11.7. The summed E-state index contributed by atoms with van der Waals surface area (Å²) in [4.78, 5) is 16.4. The number of fused-ring (bicyclic) bond motifs is 2. The van der Waals surface area contributed by atoms with Crippen molar-refractivity contribution in [3.05, 3.63) is 41.1 Å². The van der Waals surface area contributed by atoms with Crippen LogP contribution in [0.3, 0.4) is 0 Å². The Labute approximate surface area is 125 Å². The van der Waals surface area contributed by atoms with Crippen LogP contribution >= 0.6 is 0 Å². The molecule has 1 amide bonds. The van der Waals surface area contributed by atoms with Crippen molar-refractivity contribution in [1.29, 1.82) is 0 Å². The van der Waals surface area contributed by atoms with Crippen LogP contribution in [-0.4, -0.2) is 10.9 Å². The predicted octanol–water partition coefficient (Wildman–Crippen LogP) is 3.17. The number of aryl methyl sites for hydroxylation is 3. The summed E-state index contributed by atoms with van der Waals surface area (Å²) in [6, 6.07) is 8.69. The lowest BCUT2D eigenvalue weighted by molar-refractivity contribution is -0.127. The van der Waals surface area contributed by atoms with E-state index in [1.165, 1.54) is 16.5 Å². The summed E-state index contributed by atoms with van der Waals surface area (Å²) in [7, 11) is 0. The molecule has 1 unspecified atom stereocenters. The molecule has 0 aliphatic heterocycles. The monoisotopic (exact) mass is 282 g/mol. The van der Waals surface area contributed by atoms with Crippen molar-refractivity contribution in [3.63, 3.8) is 0 Å². The number of hydrogen-bond acceptors (Lipinski definition) is 2. The highest BCUT2D eigenvalue weighted by molar-refractivity contribution is 5.82. The smallest absolute Gasteiger partial charge is 0.223 e. The molecule has 1 heterocycles. The number of benzene rings is 1. The predicted molar refractivity (Wildman–Crippen MR) is 85.1 cm³/mol. The molecule has 1 atom stereocenters. The van der Waals surface area contributed by atoms with Crippen molar-refractivity contribution in [2.45, 2.75) is 46.0 Å². The van der Waals surface area contributed by atoms with Gasteiger partial charge in [0.2, 0.25) is 5.91 Å². The fraction of sp³-hybridized carbons (Fsp3) is 0.444. The molecule has 0 radical (unpaired) electrons. The SMILES string of the molecule is CCc1ccc2cc3c(cc2n1)CCC(C)(C(N)=O)CC3. The molecule has 3 heteroatoms. The van der Waals surface area contributed by atoms with Gasteiger partial charge in [0.05, 0.1) is 5.52 Å². The molecule has 21 heavy (non-hydrogen) atoms. The second-order valence-electron chi connectivity index (χ2n) is 6.39. The molecule has 0 saturated carbocycles. The van der Waals surface area contributed by atoms with E-state index in [1.54, 1.807) is 0 Å². The zero-order valence-corrected chi connectivity index (χ0v) is 12.8. The van der Waals surface area contributed by atoms with E-state index in [0.29, 0.717) is 0 Å². The van der Waals surface area contributed by atoms with Gasteiger partial charge in [-0.15, -0.1) is 0 Å². The van der Waals surface area contributed by atoms with Crippen molar-refractivity contribution >= 4 is 16.8 Å². The third kappa shape index (κ3) is 2.53. The molecule has 1 aromatic carbocycles. The number of aromatic nitrogens is 1. The van der Waals surface area contributed by atoms with Gasteiger partial charge in [-0.3, -0.25) is 9.78 Å². The van der Waals surface area contributed by atoms with Crippen LogP contribution in [0.4, 0.5) is 0 Å². The summed E-state index contributed by atoms with van der Waals surface area (Å²) in [5.41, 5.74) is 10.1. The number of rotatable bonds is 2. The maximum Gasteiger partial charge on any atom is 0.223 e. The van der Waals surface area contributed by atoms with Crippen LogP contribution < -0.4 is 5.73 Å². The summed E-state index contributed by atoms with van der Waals surface area (Å²) < 4.78 is 0. The fourth-order valence-corrected chi connectivity index (χ4v) is 3.16. The van der Waals surface area contributed by atoms with E-state index < -0.39 is 0 Å². The first-order valence-corrected chi connectivity index (χ1v) is 7.73. The zero-order valence-electron chi connectivity index (χ0n) is 12.8. The van der Waals surface area contributed by atoms with Gasteiger partial charge in [-0.2, -0.15) is 0 Å². The van der Waals surface area contributed by atoms with Crippen molar-refractivity contribution in [2.75, 3.05) is 0 Å². The summed E-state index contributed by atoms with van der Waals surface area (Å²) in [6.07, 6.45) is 4.44. The zero-order chi connectivity index (χ0) is 15.0. The lowest BCUT2D eigenvalue weighted by Crippen LogP contribution is -2.34. The Balaban J connectivity index is 2.02. The highest BCUT2D eigenvalue weighted by Crippen LogP contribution is 2.35. The number of primary amides is 1. The third-order valence-corrected chi connectivity index (χ3v) is 4.92. The van der Waals surface area contributed by atoms with Crippen molar-refractivity contribution in [2.24, 2.45) is 11.1 Å². The number of carbonyl (C=O) groups is 1. The summed E-state index contributed by atoms with van der Waals surface area (Å²) in [5, 5.41) is 1.19. The molecular formula is C18H22N2O. The normalized spacial score (nSPS) is 21.8. The Hall–Kier alpha value is -1.90. The van der Waals surface area contributed by atoms with Crippen LogP contribution in [0.25, 0.3) is 10.9 Å². The van der Waals surface area contributed by atoms with Crippen LogP contribution in [0.15, 0.2) is 24.3 Å². The lowest BCUT2D eigenvalue weighted by Gasteiger charge is -2.23. The number of nitrogens with two attached hydrogens (primary N) is 1. The van der Waals surface area contributed by atoms with Gasteiger partial charge in [-0.25, -0.2) is 0 Å². The van der Waals surface area contributed by atoms with Crippen LogP contribution in [-0.2, 0) is 24.1 Å². The van der Waals surface area contributed by atoms with Gasteiger partial charge in [0.1, 0.15) is 0 Å². The van der Waals surface area contributed by atoms with Gasteiger partial charge >= 0.3 is 0 Å². The fourth-order valence-electron chi connectivity index (χ4n) is 3.16. The van der Waals surface area contributed by atoms with E-state index in [2.05, 4.69) is 31.2 Å². The molecule has 2 aromatic rings. The van der Waals surface area contributed by atoms with Crippen molar-refractivity contribution in [1.82, 2.24) is 4.98 Å². The third-order valence-electron chi connectivity index (χ3n) is 4.92. The van der Waals surface area contributed by atoms with Gasteiger partial charge in [-0.05, 0) is 61.4 Å². The lowest BCUT2D eigenvalue weighted by atomic mass is 9.81. The number of amides is 1. The van der Waals surface area contributed by atoms with Crippen LogP contribution in [0.2, 0.25) is 0 Å². The highest BCUT2D eigenvalue weighted by atomic mass is 16.1. The first kappa shape index (κ1) is 14.1. The van der Waals surface area contributed by atoms with Gasteiger partial charge < -0.3 is 5.73 Å². The molecule has 0 spiro atoms. The Kier molecular flexibility index (Phi) is 3.44. The molecular weight excluding hydrogens is 260 g/mol. The Morgan fingerprint density at radius 1 is 1.24 bits per heavy atom. The van der Waals surface area contributed by atoms with E-state index in [0.717, 1.165) is 43.3 Å². The average molecular weight is 282 g/mol. The van der Waals surface area contributed by atoms with E-state index >= 15 is 0 Å². The molecule has 3 nitrogen and oxygen atoms in total. The van der Waals surface area contributed by atoms with E-state index in [1.807, 2.05) is 6.92 Å². The topological polar surface area (TPSA) is 56.0 Å². The molecule has 0 saturated heterocycles. The minimum Gasteiger partial charge on any atom is -0.369 e. The summed E-state index contributed by atoms with van der Waals surface area (Å²) >= 11 is 0. The molecule has 0 bridgehead atoms. The Morgan fingerprint density at radius 3 is 2.52 bits per heavy atom. The van der Waals surface area contributed by atoms with Crippen molar-refractivity contribution < 1.29 is 4.79 Å². The quantitative estimate of drug-likeness (QED) is 0.860. The number of pyridine rings is 1. The molecule has 1 aliphatic rings. The summed E-state index contributed by atoms with van der Waals surface area (Å²) in [6.45, 7) is 4.12. The second kappa shape index (κ2) is 5.14. The number of hydrogen-bond donors (Lipinski definition) is 1. The maximum absolute atomic E-state index is 11.7. The van der Waals surface area contributed by atoms with Crippen LogP contribution in [0.1, 0.15) is 43.5 Å². The van der Waals surface area contributed by atoms with E-state index in [-0.39, 0.29) is 11.3 Å². The molecule has 2 N–H and O–H groups in total. The highest BCUT2D eigenvalue weighted by Gasteiger charge is 2.32. The second-order valence-corrected chi connectivity index (χ2v) is 6.39. The van der Waals surface area contributed by atoms with E-state index in [4.69, 9.17) is 10.7 Å². The molecule has 3 rings (SSSR count). The largest absolute Gasteiger partial charge is 0.369 e. The van der Waals surface area contributed by atoms with E-state index in [9.17, 15) is 4.79 Å². The number of carbonyl (C=O) groups excluding carboxylic acids is 1. The minimum absolute atomic E-state index is 0.175. The standard InChI is InChI=1S/C18H22N2O/c1-3-15-5-4-14-10-12-6-8-18(2,17(19)21)9-7-13(12)11-16(14)20-15/h4-5,10-11H,3,6-9H2,1-2H3,(H2,19,21). The molecule has 1 aromatic heterocycles. The van der Waals surface area contributed by atoms with Gasteiger partial charge in [0, 0.05) is 16.5 Å². The summed E-state index contributed by atoms with van der Waals surface area (Å²) in [5.74, 6) is -0.175. The van der Waals surface area contributed by atoms with Crippen LogP contribution in [0, 0.1) is 5.41 Å². The molecule has 110 valence electrons. The van der Waals surface area contributed by atoms with Gasteiger partial charge in [0.25, 0.3) is 0 Å². The first-order valence-electron chi connectivity index (χ1n) is 7.73. The number of nitrogens with zero attached hydrogens (tertiary/aromatic N) is 1. The Bertz CT molecular complexity index is 708. The first-order chi connectivity index (χ1) is 10.0. The van der Waals surface area contributed by atoms with Crippen molar-refractivity contribution in [3.8, 4) is 0 Å². The Morgan fingerprint density at radius 2 is 1.90 bits per heavy atom. The van der Waals surface area contributed by atoms with Crippen LogP contribution in [0.5, 0.6) is 0 Å².